The van der Waals surface area contributed by atoms with Crippen molar-refractivity contribution in [3.8, 4) is 0 Å². The Hall–Kier alpha value is -1.42. The van der Waals surface area contributed by atoms with Crippen LogP contribution in [0.4, 0.5) is 0 Å². The van der Waals surface area contributed by atoms with Gasteiger partial charge in [0, 0.05) is 6.42 Å². The van der Waals surface area contributed by atoms with Crippen LogP contribution in [0, 0.1) is 0 Å². The predicted molar refractivity (Wildman–Crippen MR) is 259 cm³/mol. The van der Waals surface area contributed by atoms with Crippen molar-refractivity contribution in [1.82, 2.24) is 5.32 Å². The largest absolute Gasteiger partial charge is 0.397 e. The minimum atomic E-state index is -5.09. The minimum Gasteiger partial charge on any atom is -0.394 e. The highest BCUT2D eigenvalue weighted by Crippen LogP contribution is 2.26. The first kappa shape index (κ1) is 60.6. The van der Waals surface area contributed by atoms with Crippen LogP contribution in [0.5, 0.6) is 0 Å². The van der Waals surface area contributed by atoms with E-state index in [1.54, 1.807) is 6.08 Å². The quantitative estimate of drug-likeness (QED) is 0.0193. The monoisotopic (exact) mass is 932 g/mol. The molecule has 0 bridgehead atoms. The SMILES string of the molecule is CCCCCCCCCC/C=C\CCCCCCCCCC(=O)NC(COC1OC(CO)C(O)C(OS(=O)(=O)O)C1O)C(O)/C=C/CCCCCCCCCCCCCCCCCC. The number of amides is 1. The summed E-state index contributed by atoms with van der Waals surface area (Å²) in [5.41, 5.74) is 0. The van der Waals surface area contributed by atoms with Gasteiger partial charge in [-0.2, -0.15) is 8.42 Å². The fourth-order valence-electron chi connectivity index (χ4n) is 8.39. The van der Waals surface area contributed by atoms with Crippen molar-refractivity contribution in [2.45, 2.75) is 281 Å². The first-order chi connectivity index (χ1) is 31.0. The molecule has 1 rings (SSSR count). The summed E-state index contributed by atoms with van der Waals surface area (Å²) in [6.07, 6.45) is 40.7. The molecule has 1 aliphatic heterocycles. The summed E-state index contributed by atoms with van der Waals surface area (Å²) in [5, 5.41) is 44.8. The van der Waals surface area contributed by atoms with Crippen LogP contribution in [-0.2, 0) is 28.9 Å². The van der Waals surface area contributed by atoms with Crippen LogP contribution in [-0.4, -0.2) is 95.4 Å². The van der Waals surface area contributed by atoms with Gasteiger partial charge in [0.05, 0.1) is 25.4 Å². The average molecular weight is 932 g/mol. The Balaban J connectivity index is 2.45. The van der Waals surface area contributed by atoms with Crippen molar-refractivity contribution in [1.29, 1.82) is 0 Å². The minimum absolute atomic E-state index is 0.265. The molecular formula is C51H97NO11S. The molecular weight excluding hydrogens is 835 g/mol. The molecule has 1 saturated heterocycles. The van der Waals surface area contributed by atoms with Crippen LogP contribution in [0.3, 0.4) is 0 Å². The van der Waals surface area contributed by atoms with E-state index in [9.17, 15) is 38.2 Å². The number of hydrogen-bond donors (Lipinski definition) is 6. The number of hydrogen-bond acceptors (Lipinski definition) is 10. The number of allylic oxidation sites excluding steroid dienone is 3. The van der Waals surface area contributed by atoms with Crippen molar-refractivity contribution >= 4 is 16.3 Å². The molecule has 1 fully saturated rings. The van der Waals surface area contributed by atoms with Gasteiger partial charge >= 0.3 is 10.4 Å². The second-order valence-corrected chi connectivity index (χ2v) is 19.5. The number of carbonyl (C=O) groups is 1. The molecule has 12 nitrogen and oxygen atoms in total. The number of unbranched alkanes of at least 4 members (excludes halogenated alkanes) is 31. The van der Waals surface area contributed by atoms with Crippen molar-refractivity contribution in [2.75, 3.05) is 13.2 Å². The zero-order valence-corrected chi connectivity index (χ0v) is 41.4. The zero-order valence-electron chi connectivity index (χ0n) is 40.6. The molecule has 1 heterocycles. The summed E-state index contributed by atoms with van der Waals surface area (Å²) in [6, 6.07) is -0.944. The molecule has 378 valence electrons. The lowest BCUT2D eigenvalue weighted by Gasteiger charge is -2.41. The Labute approximate surface area is 391 Å². The van der Waals surface area contributed by atoms with Crippen LogP contribution in [0.25, 0.3) is 0 Å². The highest BCUT2D eigenvalue weighted by atomic mass is 32.3. The molecule has 7 atom stereocenters. The normalized spacial score (nSPS) is 20.4. The van der Waals surface area contributed by atoms with E-state index in [1.165, 1.54) is 167 Å². The summed E-state index contributed by atoms with van der Waals surface area (Å²) < 4.78 is 47.7. The van der Waals surface area contributed by atoms with Gasteiger partial charge in [0.1, 0.15) is 24.4 Å². The maximum absolute atomic E-state index is 13.1. The number of ether oxygens (including phenoxy) is 2. The molecule has 0 saturated carbocycles. The Bertz CT molecular complexity index is 1230. The van der Waals surface area contributed by atoms with E-state index < -0.39 is 59.9 Å². The second kappa shape index (κ2) is 41.7. The van der Waals surface area contributed by atoms with Crippen LogP contribution in [0.2, 0.25) is 0 Å². The summed E-state index contributed by atoms with van der Waals surface area (Å²) in [5.74, 6) is -0.265. The molecule has 0 spiro atoms. The summed E-state index contributed by atoms with van der Waals surface area (Å²) >= 11 is 0. The van der Waals surface area contributed by atoms with Gasteiger partial charge in [0.25, 0.3) is 0 Å². The van der Waals surface area contributed by atoms with Gasteiger partial charge in [0.2, 0.25) is 5.91 Å². The fraction of sp³-hybridized carbons (Fsp3) is 0.902. The van der Waals surface area contributed by atoms with E-state index in [-0.39, 0.29) is 18.9 Å². The summed E-state index contributed by atoms with van der Waals surface area (Å²) in [6.45, 7) is 3.41. The fourth-order valence-corrected chi connectivity index (χ4v) is 8.90. The molecule has 7 unspecified atom stereocenters. The second-order valence-electron chi connectivity index (χ2n) is 18.5. The number of aliphatic hydroxyl groups excluding tert-OH is 4. The molecule has 0 aliphatic carbocycles. The molecule has 6 N–H and O–H groups in total. The maximum atomic E-state index is 13.1. The molecule has 0 aromatic heterocycles. The molecule has 1 amide bonds. The van der Waals surface area contributed by atoms with Crippen LogP contribution >= 0.6 is 0 Å². The van der Waals surface area contributed by atoms with Gasteiger partial charge in [0.15, 0.2) is 6.29 Å². The first-order valence-electron chi connectivity index (χ1n) is 26.2. The first-order valence-corrected chi connectivity index (χ1v) is 27.6. The Morgan fingerprint density at radius 3 is 1.41 bits per heavy atom. The number of rotatable bonds is 45. The molecule has 0 aromatic rings. The van der Waals surface area contributed by atoms with Gasteiger partial charge in [-0.3, -0.25) is 9.35 Å². The lowest BCUT2D eigenvalue weighted by atomic mass is 9.99. The number of aliphatic hydroxyl groups is 4. The molecule has 13 heteroatoms. The van der Waals surface area contributed by atoms with Crippen molar-refractivity contribution < 1.29 is 51.8 Å². The zero-order chi connectivity index (χ0) is 46.9. The van der Waals surface area contributed by atoms with Crippen molar-refractivity contribution in [3.63, 3.8) is 0 Å². The smallest absolute Gasteiger partial charge is 0.394 e. The number of carbonyl (C=O) groups excluding carboxylic acids is 1. The molecule has 1 aliphatic rings. The molecule has 0 aromatic carbocycles. The Morgan fingerprint density at radius 2 is 1.00 bits per heavy atom. The van der Waals surface area contributed by atoms with Crippen molar-refractivity contribution in [3.05, 3.63) is 24.3 Å². The van der Waals surface area contributed by atoms with Crippen LogP contribution in [0.15, 0.2) is 24.3 Å². The van der Waals surface area contributed by atoms with Gasteiger partial charge in [-0.05, 0) is 44.9 Å². The van der Waals surface area contributed by atoms with E-state index in [0.29, 0.717) is 6.42 Å². The molecule has 64 heavy (non-hydrogen) atoms. The highest BCUT2D eigenvalue weighted by molar-refractivity contribution is 7.80. The van der Waals surface area contributed by atoms with Crippen LogP contribution < -0.4 is 5.32 Å². The Morgan fingerprint density at radius 1 is 0.609 bits per heavy atom. The molecule has 0 radical (unpaired) electrons. The lowest BCUT2D eigenvalue weighted by molar-refractivity contribution is -0.298. The maximum Gasteiger partial charge on any atom is 0.397 e. The lowest BCUT2D eigenvalue weighted by Crippen LogP contribution is -2.61. The van der Waals surface area contributed by atoms with Gasteiger partial charge in [-0.25, -0.2) is 4.18 Å². The van der Waals surface area contributed by atoms with E-state index in [1.807, 2.05) is 6.08 Å². The van der Waals surface area contributed by atoms with E-state index in [0.717, 1.165) is 44.9 Å². The third-order valence-corrected chi connectivity index (χ3v) is 12.9. The van der Waals surface area contributed by atoms with Crippen LogP contribution in [0.1, 0.15) is 239 Å². The van der Waals surface area contributed by atoms with E-state index >= 15 is 0 Å². The third-order valence-electron chi connectivity index (χ3n) is 12.5. The standard InChI is InChI=1S/C51H97NO11S/c1-3-5-7-9-11-13-15-17-19-21-23-25-27-29-31-33-35-37-39-41-47(55)52-44(43-61-51-49(57)50(63-64(58,59)60)48(56)46(42-53)62-51)45(54)40-38-36-34-32-30-28-26-24-22-20-18-16-14-12-10-8-6-4-2/h21,23,38,40,44-46,48-51,53-54,56-57H,3-20,22,24-37,39,41-43H2,1-2H3,(H,52,55)(H,58,59,60)/b23-21-,40-38+. The van der Waals surface area contributed by atoms with Gasteiger partial charge in [-0.1, -0.05) is 212 Å². The summed E-state index contributed by atoms with van der Waals surface area (Å²) in [7, 11) is -5.09. The highest BCUT2D eigenvalue weighted by Gasteiger charge is 2.48. The van der Waals surface area contributed by atoms with Crippen molar-refractivity contribution in [2.24, 2.45) is 0 Å². The van der Waals surface area contributed by atoms with Gasteiger partial charge in [-0.15, -0.1) is 0 Å². The predicted octanol–water partition coefficient (Wildman–Crippen LogP) is 11.3. The topological polar surface area (TPSA) is 192 Å². The van der Waals surface area contributed by atoms with Gasteiger partial charge < -0.3 is 35.2 Å². The average Bonchev–Trinajstić information content (AvgIpc) is 3.27. The van der Waals surface area contributed by atoms with E-state index in [4.69, 9.17) is 9.47 Å². The van der Waals surface area contributed by atoms with E-state index in [2.05, 4.69) is 35.5 Å². The third kappa shape index (κ3) is 34.0. The number of nitrogens with one attached hydrogen (secondary N) is 1. The Kier molecular flexibility index (Phi) is 39.5. The summed E-state index contributed by atoms with van der Waals surface area (Å²) in [4.78, 5) is 13.1.